The number of carbonyl (C=O) groups excluding carboxylic acids is 1. The van der Waals surface area contributed by atoms with E-state index in [9.17, 15) is 4.79 Å². The maximum Gasteiger partial charge on any atom is 0.257 e. The van der Waals surface area contributed by atoms with Gasteiger partial charge in [0.25, 0.3) is 5.91 Å². The normalized spacial score (nSPS) is 17.5. The maximum absolute atomic E-state index is 13.4. The third-order valence-electron chi connectivity index (χ3n) is 5.86. The minimum atomic E-state index is -0.114. The summed E-state index contributed by atoms with van der Waals surface area (Å²) in [7, 11) is 4.56. The summed E-state index contributed by atoms with van der Waals surface area (Å²) in [6.07, 6.45) is 0.797. The van der Waals surface area contributed by atoms with Gasteiger partial charge >= 0.3 is 0 Å². The predicted molar refractivity (Wildman–Crippen MR) is 127 cm³/mol. The number of nitrogens with two attached hydrogens (primary N) is 1. The van der Waals surface area contributed by atoms with Crippen molar-refractivity contribution in [2.45, 2.75) is 20.3 Å². The van der Waals surface area contributed by atoms with Crippen molar-refractivity contribution in [3.63, 3.8) is 0 Å². The molecule has 1 amide bonds. The lowest BCUT2D eigenvalue weighted by atomic mass is 10.0. The second-order valence-corrected chi connectivity index (χ2v) is 7.97. The number of carbonyl (C=O) groups is 1. The van der Waals surface area contributed by atoms with Gasteiger partial charge in [-0.25, -0.2) is 0 Å². The molecule has 2 aromatic rings. The molecule has 176 valence electrons. The molecule has 0 bridgehead atoms. The van der Waals surface area contributed by atoms with E-state index in [1.54, 1.807) is 6.07 Å². The number of nitrogens with zero attached hydrogens (tertiary/aromatic N) is 1. The van der Waals surface area contributed by atoms with Crippen molar-refractivity contribution in [1.29, 1.82) is 0 Å². The van der Waals surface area contributed by atoms with Crippen molar-refractivity contribution >= 4 is 18.3 Å². The Kier molecular flexibility index (Phi) is 9.04. The lowest BCUT2D eigenvalue weighted by Gasteiger charge is -2.22. The van der Waals surface area contributed by atoms with E-state index in [1.165, 1.54) is 21.3 Å². The molecule has 0 spiro atoms. The van der Waals surface area contributed by atoms with Crippen molar-refractivity contribution < 1.29 is 23.7 Å². The molecule has 0 unspecified atom stereocenters. The molecule has 1 aliphatic rings. The quantitative estimate of drug-likeness (QED) is 0.631. The van der Waals surface area contributed by atoms with Crippen LogP contribution in [0.2, 0.25) is 0 Å². The Bertz CT molecular complexity index is 910. The summed E-state index contributed by atoms with van der Waals surface area (Å²) in [5.74, 6) is 2.80. The van der Waals surface area contributed by atoms with E-state index in [0.717, 1.165) is 12.0 Å². The predicted octanol–water partition coefficient (Wildman–Crippen LogP) is 4.16. The highest BCUT2D eigenvalue weighted by Gasteiger charge is 2.34. The molecule has 32 heavy (non-hydrogen) atoms. The zero-order chi connectivity index (χ0) is 22.5. The molecule has 7 nitrogen and oxygen atoms in total. The van der Waals surface area contributed by atoms with E-state index in [1.807, 2.05) is 29.2 Å². The Morgan fingerprint density at radius 2 is 1.53 bits per heavy atom. The smallest absolute Gasteiger partial charge is 0.257 e. The van der Waals surface area contributed by atoms with Crippen LogP contribution in [0.3, 0.4) is 0 Å². The molecule has 3 rings (SSSR count). The molecule has 1 aliphatic heterocycles. The number of hydrogen-bond donors (Lipinski definition) is 1. The Morgan fingerprint density at radius 3 is 2.03 bits per heavy atom. The van der Waals surface area contributed by atoms with Gasteiger partial charge < -0.3 is 29.6 Å². The fourth-order valence-electron chi connectivity index (χ4n) is 3.90. The van der Waals surface area contributed by atoms with Crippen LogP contribution in [0.4, 0.5) is 0 Å². The van der Waals surface area contributed by atoms with Crippen LogP contribution in [0, 0.1) is 11.8 Å². The molecule has 1 heterocycles. The zero-order valence-corrected chi connectivity index (χ0v) is 20.2. The lowest BCUT2D eigenvalue weighted by Crippen LogP contribution is -2.29. The molecule has 2 N–H and O–H groups in total. The topological polar surface area (TPSA) is 83.3 Å². The van der Waals surface area contributed by atoms with Gasteiger partial charge in [0, 0.05) is 19.2 Å². The van der Waals surface area contributed by atoms with Gasteiger partial charge in [-0.05, 0) is 42.5 Å². The number of amides is 1. The van der Waals surface area contributed by atoms with Crippen molar-refractivity contribution in [3.8, 4) is 28.7 Å². The minimum Gasteiger partial charge on any atom is -0.492 e. The fourth-order valence-corrected chi connectivity index (χ4v) is 3.90. The van der Waals surface area contributed by atoms with Gasteiger partial charge in [-0.1, -0.05) is 26.0 Å². The fraction of sp³-hybridized carbons (Fsp3) is 0.458. The number of halogens is 1. The molecule has 8 heteroatoms. The third-order valence-corrected chi connectivity index (χ3v) is 5.86. The van der Waals surface area contributed by atoms with Crippen LogP contribution in [0.25, 0.3) is 0 Å². The summed E-state index contributed by atoms with van der Waals surface area (Å²) in [5.41, 5.74) is 7.14. The molecular formula is C24H33ClN2O5. The number of benzene rings is 2. The molecule has 2 aromatic carbocycles. The van der Waals surface area contributed by atoms with Crippen molar-refractivity contribution in [2.75, 3.05) is 41.0 Å². The Balaban J connectivity index is 0.00000363. The highest BCUT2D eigenvalue weighted by atomic mass is 35.5. The Labute approximate surface area is 196 Å². The van der Waals surface area contributed by atoms with E-state index >= 15 is 0 Å². The van der Waals surface area contributed by atoms with Gasteiger partial charge in [-0.15, -0.1) is 12.4 Å². The van der Waals surface area contributed by atoms with Crippen LogP contribution >= 0.6 is 12.4 Å². The summed E-state index contributed by atoms with van der Waals surface area (Å²) in [5, 5.41) is 0. The van der Waals surface area contributed by atoms with E-state index in [2.05, 4.69) is 13.8 Å². The average Bonchev–Trinajstić information content (AvgIpc) is 3.12. The molecular weight excluding hydrogens is 432 g/mol. The van der Waals surface area contributed by atoms with Crippen LogP contribution in [-0.4, -0.2) is 51.8 Å². The first kappa shape index (κ1) is 25.6. The van der Waals surface area contributed by atoms with Gasteiger partial charge in [0.05, 0.1) is 26.9 Å². The van der Waals surface area contributed by atoms with Crippen LogP contribution < -0.4 is 24.7 Å². The first-order valence-corrected chi connectivity index (χ1v) is 10.5. The Morgan fingerprint density at radius 1 is 0.969 bits per heavy atom. The van der Waals surface area contributed by atoms with E-state index < -0.39 is 0 Å². The molecule has 0 saturated carbocycles. The average molecular weight is 465 g/mol. The minimum absolute atomic E-state index is 0. The lowest BCUT2D eigenvalue weighted by molar-refractivity contribution is 0.0780. The first-order valence-electron chi connectivity index (χ1n) is 10.5. The summed E-state index contributed by atoms with van der Waals surface area (Å²) in [6.45, 7) is 6.31. The summed E-state index contributed by atoms with van der Waals surface area (Å²) in [6, 6.07) is 9.34. The monoisotopic (exact) mass is 464 g/mol. The number of hydrogen-bond acceptors (Lipinski definition) is 6. The number of likely N-dealkylation sites (tertiary alicyclic amines) is 1. The van der Waals surface area contributed by atoms with Gasteiger partial charge in [-0.2, -0.15) is 0 Å². The highest BCUT2D eigenvalue weighted by Crippen LogP contribution is 2.48. The van der Waals surface area contributed by atoms with E-state index in [0.29, 0.717) is 65.8 Å². The zero-order valence-electron chi connectivity index (χ0n) is 19.3. The van der Waals surface area contributed by atoms with Crippen LogP contribution in [0.1, 0.15) is 29.8 Å². The largest absolute Gasteiger partial charge is 0.492 e. The molecule has 0 radical (unpaired) electrons. The van der Waals surface area contributed by atoms with Crippen LogP contribution in [0.15, 0.2) is 30.3 Å². The SMILES string of the molecule is COc1c(Oc2ccc(CCN)cc2)cc(C(=O)N2C[C@@H](C)[C@@H](C)C2)c(OC)c1OC.Cl. The Hall–Kier alpha value is -2.64. The molecule has 0 aliphatic carbocycles. The van der Waals surface area contributed by atoms with E-state index in [-0.39, 0.29) is 18.3 Å². The number of methoxy groups -OCH3 is 3. The first-order chi connectivity index (χ1) is 14.9. The van der Waals surface area contributed by atoms with E-state index in [4.69, 9.17) is 24.7 Å². The van der Waals surface area contributed by atoms with Crippen LogP contribution in [0.5, 0.6) is 28.7 Å². The number of ether oxygens (including phenoxy) is 4. The number of rotatable bonds is 8. The highest BCUT2D eigenvalue weighted by molar-refractivity contribution is 5.99. The third kappa shape index (κ3) is 5.22. The van der Waals surface area contributed by atoms with Crippen LogP contribution in [-0.2, 0) is 6.42 Å². The summed E-state index contributed by atoms with van der Waals surface area (Å²) in [4.78, 5) is 15.2. The van der Waals surface area contributed by atoms with Crippen molar-refractivity contribution in [1.82, 2.24) is 4.90 Å². The standard InChI is InChI=1S/C24H32N2O5.ClH/c1-15-13-26(14-16(15)2)24(27)19-12-20(22(29-4)23(30-5)21(19)28-3)31-18-8-6-17(7-9-18)10-11-25;/h6-9,12,15-16H,10-11,13-14,25H2,1-5H3;1H/t15-,16+;. The summed E-state index contributed by atoms with van der Waals surface area (Å²) >= 11 is 0. The van der Waals surface area contributed by atoms with Crippen molar-refractivity contribution in [3.05, 3.63) is 41.5 Å². The maximum atomic E-state index is 13.4. The van der Waals surface area contributed by atoms with Gasteiger partial charge in [0.1, 0.15) is 5.75 Å². The second kappa shape index (κ2) is 11.3. The second-order valence-electron chi connectivity index (χ2n) is 7.97. The molecule has 1 fully saturated rings. The molecule has 1 saturated heterocycles. The van der Waals surface area contributed by atoms with Gasteiger partial charge in [0.15, 0.2) is 11.5 Å². The summed E-state index contributed by atoms with van der Waals surface area (Å²) < 4.78 is 22.8. The molecule has 0 aromatic heterocycles. The molecule has 2 atom stereocenters. The van der Waals surface area contributed by atoms with Crippen molar-refractivity contribution in [2.24, 2.45) is 17.6 Å². The van der Waals surface area contributed by atoms with Gasteiger partial charge in [0.2, 0.25) is 11.5 Å². The van der Waals surface area contributed by atoms with Gasteiger partial charge in [-0.3, -0.25) is 4.79 Å².